The van der Waals surface area contributed by atoms with E-state index < -0.39 is 17.7 Å². The van der Waals surface area contributed by atoms with Crippen molar-refractivity contribution in [2.24, 2.45) is 17.6 Å². The highest BCUT2D eigenvalue weighted by Crippen LogP contribution is 2.20. The minimum atomic E-state index is -0.725. The van der Waals surface area contributed by atoms with Crippen molar-refractivity contribution in [3.63, 3.8) is 0 Å². The first-order chi connectivity index (χ1) is 19.7. The number of H-pyrrole nitrogens is 1. The predicted molar refractivity (Wildman–Crippen MR) is 168 cm³/mol. The third-order valence-electron chi connectivity index (χ3n) is 6.46. The molecule has 10 heteroatoms. The number of aromatic amines is 1. The quantitative estimate of drug-likeness (QED) is 0.246. The van der Waals surface area contributed by atoms with Crippen LogP contribution in [0.15, 0.2) is 47.9 Å². The monoisotopic (exact) mass is 589 g/mol. The Hall–Kier alpha value is -3.66. The number of likely N-dealkylation sites (N-methyl/N-ethyl adjacent to an activating group) is 1. The number of hydrogen-bond donors (Lipinski definition) is 3. The summed E-state index contributed by atoms with van der Waals surface area (Å²) in [7, 11) is 3.44. The van der Waals surface area contributed by atoms with Gasteiger partial charge in [0, 0.05) is 18.0 Å². The van der Waals surface area contributed by atoms with Crippen molar-refractivity contribution in [1.29, 1.82) is 0 Å². The molecule has 1 aliphatic heterocycles. The molecular weight excluding hydrogens is 538 g/mol. The number of aliphatic carboxylic acids is 1. The lowest BCUT2D eigenvalue weighted by Crippen LogP contribution is -2.32. The van der Waals surface area contributed by atoms with Crippen LogP contribution in [0.4, 0.5) is 4.79 Å². The second-order valence-corrected chi connectivity index (χ2v) is 11.4. The van der Waals surface area contributed by atoms with Crippen molar-refractivity contribution in [1.82, 2.24) is 9.88 Å². The Labute approximate surface area is 250 Å². The number of likely N-dealkylation sites (tertiary alicyclic amines) is 1. The fourth-order valence-corrected chi connectivity index (χ4v) is 4.06. The summed E-state index contributed by atoms with van der Waals surface area (Å²) in [6, 6.07) is 7.13. The van der Waals surface area contributed by atoms with Crippen LogP contribution in [0.5, 0.6) is 5.75 Å². The Bertz CT molecular complexity index is 1160. The first kappa shape index (κ1) is 38.3. The minimum Gasteiger partial charge on any atom is -0.495 e. The smallest absolute Gasteiger partial charge is 0.405 e. The van der Waals surface area contributed by atoms with Gasteiger partial charge < -0.3 is 30.1 Å². The van der Waals surface area contributed by atoms with Crippen LogP contribution in [0.3, 0.4) is 0 Å². The molecule has 2 heterocycles. The Morgan fingerprint density at radius 2 is 1.83 bits per heavy atom. The molecule has 1 saturated heterocycles. The second-order valence-electron chi connectivity index (χ2n) is 11.4. The SMILES string of the molecule is C=CC(C)CCCC(C)CC=O.CC(C)(C)OC(N)=O.CN1CCCC1C(=O)O.COc1c[nH]c(=O)c2ccccc12. The van der Waals surface area contributed by atoms with E-state index >= 15 is 0 Å². The molecule has 236 valence electrons. The number of primary amides is 1. The fraction of sp³-hybridized carbons (Fsp3) is 0.562. The Morgan fingerprint density at radius 1 is 1.21 bits per heavy atom. The van der Waals surface area contributed by atoms with E-state index in [1.54, 1.807) is 40.1 Å². The van der Waals surface area contributed by atoms with Gasteiger partial charge in [-0.3, -0.25) is 14.5 Å². The van der Waals surface area contributed by atoms with Gasteiger partial charge in [-0.25, -0.2) is 4.79 Å². The molecule has 2 aromatic rings. The molecule has 0 bridgehead atoms. The van der Waals surface area contributed by atoms with E-state index in [-0.39, 0.29) is 11.6 Å². The number of ether oxygens (including phenoxy) is 2. The van der Waals surface area contributed by atoms with Gasteiger partial charge in [0.1, 0.15) is 23.7 Å². The summed E-state index contributed by atoms with van der Waals surface area (Å²) in [6.45, 7) is 14.3. The van der Waals surface area contributed by atoms with E-state index in [9.17, 15) is 19.2 Å². The summed E-state index contributed by atoms with van der Waals surface area (Å²) >= 11 is 0. The van der Waals surface area contributed by atoms with Crippen LogP contribution in [0, 0.1) is 11.8 Å². The number of nitrogens with two attached hydrogens (primary N) is 1. The molecule has 1 aromatic heterocycles. The summed E-state index contributed by atoms with van der Waals surface area (Å²) < 4.78 is 9.69. The summed E-state index contributed by atoms with van der Waals surface area (Å²) in [6.07, 6.45) is 9.97. The first-order valence-electron chi connectivity index (χ1n) is 14.3. The number of carbonyl (C=O) groups excluding carboxylic acids is 2. The topological polar surface area (TPSA) is 152 Å². The van der Waals surface area contributed by atoms with Crippen LogP contribution in [-0.4, -0.2) is 65.7 Å². The normalized spacial score (nSPS) is 15.7. The number of allylic oxidation sites excluding steroid dienone is 1. The second kappa shape index (κ2) is 20.3. The summed E-state index contributed by atoms with van der Waals surface area (Å²) in [5.41, 5.74) is 4.18. The first-order valence-corrected chi connectivity index (χ1v) is 14.3. The predicted octanol–water partition coefficient (Wildman–Crippen LogP) is 5.79. The van der Waals surface area contributed by atoms with Gasteiger partial charge in [-0.15, -0.1) is 6.58 Å². The van der Waals surface area contributed by atoms with E-state index in [2.05, 4.69) is 30.1 Å². The van der Waals surface area contributed by atoms with E-state index in [1.807, 2.05) is 36.2 Å². The van der Waals surface area contributed by atoms with Gasteiger partial charge in [0.25, 0.3) is 5.56 Å². The van der Waals surface area contributed by atoms with Gasteiger partial charge in [0.15, 0.2) is 0 Å². The number of aldehydes is 1. The van der Waals surface area contributed by atoms with Crippen molar-refractivity contribution in [2.45, 2.75) is 84.8 Å². The molecule has 0 radical (unpaired) electrons. The number of benzene rings is 1. The zero-order chi connectivity index (χ0) is 32.3. The average molecular weight is 590 g/mol. The van der Waals surface area contributed by atoms with Gasteiger partial charge in [-0.05, 0) is 71.5 Å². The van der Waals surface area contributed by atoms with Crippen molar-refractivity contribution in [3.05, 3.63) is 53.5 Å². The van der Waals surface area contributed by atoms with Crippen molar-refractivity contribution >= 4 is 29.1 Å². The molecule has 10 nitrogen and oxygen atoms in total. The molecule has 1 amide bonds. The highest BCUT2D eigenvalue weighted by molar-refractivity contribution is 5.86. The average Bonchev–Trinajstić information content (AvgIpc) is 3.35. The zero-order valence-corrected chi connectivity index (χ0v) is 26.4. The van der Waals surface area contributed by atoms with Crippen molar-refractivity contribution < 1.29 is 29.0 Å². The number of nitrogens with one attached hydrogen (secondary N) is 1. The number of carboxylic acids is 1. The maximum atomic E-state index is 11.3. The molecule has 1 aliphatic rings. The number of rotatable bonds is 9. The molecule has 3 atom stereocenters. The highest BCUT2D eigenvalue weighted by atomic mass is 16.6. The molecule has 0 spiro atoms. The van der Waals surface area contributed by atoms with E-state index in [0.717, 1.165) is 37.5 Å². The maximum Gasteiger partial charge on any atom is 0.405 e. The third kappa shape index (κ3) is 16.6. The largest absolute Gasteiger partial charge is 0.495 e. The van der Waals surface area contributed by atoms with Crippen LogP contribution in [0.2, 0.25) is 0 Å². The number of fused-ring (bicyclic) bond motifs is 1. The molecule has 1 fully saturated rings. The van der Waals surface area contributed by atoms with E-state index in [1.165, 1.54) is 12.8 Å². The number of amides is 1. The summed E-state index contributed by atoms with van der Waals surface area (Å²) in [5.74, 6) is 1.18. The van der Waals surface area contributed by atoms with Gasteiger partial charge in [0.2, 0.25) is 0 Å². The molecule has 0 saturated carbocycles. The van der Waals surface area contributed by atoms with Crippen LogP contribution >= 0.6 is 0 Å². The molecule has 0 aliphatic carbocycles. The number of carboxylic acid groups (broad SMARTS) is 1. The van der Waals surface area contributed by atoms with Crippen LogP contribution in [0.1, 0.15) is 73.1 Å². The zero-order valence-electron chi connectivity index (χ0n) is 26.4. The molecular formula is C32H51N3O7. The van der Waals surface area contributed by atoms with Crippen LogP contribution < -0.4 is 16.0 Å². The lowest BCUT2D eigenvalue weighted by Gasteiger charge is -2.16. The number of methoxy groups -OCH3 is 1. The Balaban J connectivity index is 0.000000544. The van der Waals surface area contributed by atoms with Crippen LogP contribution in [0.25, 0.3) is 10.8 Å². The number of pyridine rings is 1. The van der Waals surface area contributed by atoms with E-state index in [4.69, 9.17) is 15.6 Å². The summed E-state index contributed by atoms with van der Waals surface area (Å²) in [4.78, 5) is 46.4. The molecule has 4 N–H and O–H groups in total. The van der Waals surface area contributed by atoms with E-state index in [0.29, 0.717) is 29.4 Å². The summed E-state index contributed by atoms with van der Waals surface area (Å²) in [5, 5.41) is 10.0. The maximum absolute atomic E-state index is 11.3. The lowest BCUT2D eigenvalue weighted by molar-refractivity contribution is -0.141. The van der Waals surface area contributed by atoms with Crippen molar-refractivity contribution in [2.75, 3.05) is 20.7 Å². The number of carbonyl (C=O) groups is 3. The molecule has 1 aromatic carbocycles. The van der Waals surface area contributed by atoms with Crippen molar-refractivity contribution in [3.8, 4) is 5.75 Å². The highest BCUT2D eigenvalue weighted by Gasteiger charge is 2.26. The van der Waals surface area contributed by atoms with Gasteiger partial charge in [-0.1, -0.05) is 51.0 Å². The van der Waals surface area contributed by atoms with Gasteiger partial charge in [-0.2, -0.15) is 0 Å². The Morgan fingerprint density at radius 3 is 2.24 bits per heavy atom. The number of nitrogens with zero attached hydrogens (tertiary/aromatic N) is 1. The Kier molecular flexibility index (Phi) is 18.5. The van der Waals surface area contributed by atoms with Gasteiger partial charge >= 0.3 is 12.1 Å². The molecule has 3 rings (SSSR count). The molecule has 3 unspecified atom stereocenters. The minimum absolute atomic E-state index is 0.0867. The number of hydrogen-bond acceptors (Lipinski definition) is 7. The van der Waals surface area contributed by atoms with Gasteiger partial charge in [0.05, 0.1) is 12.5 Å². The van der Waals surface area contributed by atoms with Crippen LogP contribution in [-0.2, 0) is 14.3 Å². The lowest BCUT2D eigenvalue weighted by atomic mass is 9.97. The molecule has 42 heavy (non-hydrogen) atoms. The standard InChI is InChI=1S/C11H20O.C10H9NO2.C6H11NO2.C5H11NO2/c1-4-10(2)6-5-7-11(3)8-9-12;1-13-9-6-11-10(12)8-5-3-2-4-7(8)9;1-7-4-2-3-5(7)6(8)9;1-5(2,3)8-4(6)7/h4,9-11H,1,5-8H2,2-3H3;2-6H,1H3,(H,11,12);5H,2-4H2,1H3,(H,8,9);1-3H3,(H2,6,7). The number of aromatic nitrogens is 1. The third-order valence-corrected chi connectivity index (χ3v) is 6.46. The fourth-order valence-electron chi connectivity index (χ4n) is 4.06.